The predicted octanol–water partition coefficient (Wildman–Crippen LogP) is 1.70. The Kier molecular flexibility index (Phi) is 3.56. The van der Waals surface area contributed by atoms with Crippen LogP contribution in [0.3, 0.4) is 0 Å². The van der Waals surface area contributed by atoms with Crippen LogP contribution in [0.4, 0.5) is 0 Å². The molecule has 0 aliphatic carbocycles. The Morgan fingerprint density at radius 2 is 2.38 bits per heavy atom. The lowest BCUT2D eigenvalue weighted by Gasteiger charge is -2.36. The summed E-state index contributed by atoms with van der Waals surface area (Å²) in [6, 6.07) is 5.08. The molecule has 2 N–H and O–H groups in total. The molecule has 0 saturated carbocycles. The van der Waals surface area contributed by atoms with Crippen LogP contribution in [-0.2, 0) is 6.54 Å². The molecule has 0 aromatic carbocycles. The lowest BCUT2D eigenvalue weighted by atomic mass is 9.98. The highest BCUT2D eigenvalue weighted by Crippen LogP contribution is 2.18. The quantitative estimate of drug-likeness (QED) is 0.823. The molecule has 1 aromatic heterocycles. The number of piperidine rings is 1. The average Bonchev–Trinajstić information content (AvgIpc) is 2.25. The van der Waals surface area contributed by atoms with Crippen LogP contribution in [0.5, 0.6) is 0 Å². The van der Waals surface area contributed by atoms with Crippen LogP contribution in [0.15, 0.2) is 18.3 Å². The molecule has 3 heteroatoms. The van der Waals surface area contributed by atoms with E-state index in [0.29, 0.717) is 12.1 Å². The third-order valence-corrected chi connectivity index (χ3v) is 3.53. The molecule has 2 rings (SSSR count). The van der Waals surface area contributed by atoms with E-state index in [4.69, 9.17) is 5.73 Å². The summed E-state index contributed by atoms with van der Waals surface area (Å²) in [4.78, 5) is 6.94. The highest BCUT2D eigenvalue weighted by atomic mass is 15.2. The summed E-state index contributed by atoms with van der Waals surface area (Å²) in [7, 11) is 0. The van der Waals surface area contributed by atoms with E-state index in [1.54, 1.807) is 0 Å². The monoisotopic (exact) mass is 219 g/mol. The second-order valence-corrected chi connectivity index (χ2v) is 4.87. The first kappa shape index (κ1) is 11.6. The minimum absolute atomic E-state index is 0.385. The Balaban J connectivity index is 2.02. The van der Waals surface area contributed by atoms with Crippen LogP contribution < -0.4 is 5.73 Å². The normalized spacial score (nSPS) is 26.9. The lowest BCUT2D eigenvalue weighted by molar-refractivity contribution is 0.138. The van der Waals surface area contributed by atoms with Gasteiger partial charge in [-0.25, -0.2) is 0 Å². The van der Waals surface area contributed by atoms with E-state index in [-0.39, 0.29) is 0 Å². The van der Waals surface area contributed by atoms with Crippen molar-refractivity contribution in [2.45, 2.75) is 45.3 Å². The molecule has 0 bridgehead atoms. The zero-order valence-electron chi connectivity index (χ0n) is 10.2. The molecule has 0 amide bonds. The standard InChI is InChI=1S/C13H21N3/c1-10-4-3-6-15-13(10)9-16-7-5-12(14)8-11(16)2/h3-4,6,11-12H,5,7-9,14H2,1-2H3. The lowest BCUT2D eigenvalue weighted by Crippen LogP contribution is -2.45. The van der Waals surface area contributed by atoms with E-state index >= 15 is 0 Å². The molecule has 1 aliphatic heterocycles. The van der Waals surface area contributed by atoms with E-state index in [1.807, 2.05) is 12.3 Å². The zero-order valence-corrected chi connectivity index (χ0v) is 10.2. The minimum Gasteiger partial charge on any atom is -0.328 e. The second kappa shape index (κ2) is 4.93. The highest BCUT2D eigenvalue weighted by Gasteiger charge is 2.23. The fraction of sp³-hybridized carbons (Fsp3) is 0.615. The number of nitrogens with two attached hydrogens (primary N) is 1. The summed E-state index contributed by atoms with van der Waals surface area (Å²) in [6.45, 7) is 6.44. The number of pyridine rings is 1. The Labute approximate surface area is 97.7 Å². The Hall–Kier alpha value is -0.930. The summed E-state index contributed by atoms with van der Waals surface area (Å²) in [5.41, 5.74) is 8.45. The van der Waals surface area contributed by atoms with Gasteiger partial charge < -0.3 is 5.73 Å². The smallest absolute Gasteiger partial charge is 0.0573 e. The molecule has 1 aliphatic rings. The van der Waals surface area contributed by atoms with Crippen molar-refractivity contribution in [3.8, 4) is 0 Å². The van der Waals surface area contributed by atoms with Gasteiger partial charge in [0.05, 0.1) is 5.69 Å². The van der Waals surface area contributed by atoms with E-state index in [9.17, 15) is 0 Å². The van der Waals surface area contributed by atoms with Gasteiger partial charge in [0.1, 0.15) is 0 Å². The van der Waals surface area contributed by atoms with Gasteiger partial charge in [0.25, 0.3) is 0 Å². The van der Waals surface area contributed by atoms with Crippen LogP contribution in [0.2, 0.25) is 0 Å². The first-order valence-electron chi connectivity index (χ1n) is 6.07. The maximum absolute atomic E-state index is 5.97. The molecule has 2 unspecified atom stereocenters. The van der Waals surface area contributed by atoms with Gasteiger partial charge in [0.15, 0.2) is 0 Å². The van der Waals surface area contributed by atoms with Gasteiger partial charge in [0, 0.05) is 31.4 Å². The molecule has 1 aromatic rings. The topological polar surface area (TPSA) is 42.2 Å². The Morgan fingerprint density at radius 3 is 3.06 bits per heavy atom. The molecule has 88 valence electrons. The van der Waals surface area contributed by atoms with Crippen molar-refractivity contribution in [2.75, 3.05) is 6.54 Å². The number of likely N-dealkylation sites (tertiary alicyclic amines) is 1. The maximum Gasteiger partial charge on any atom is 0.0573 e. The van der Waals surface area contributed by atoms with Crippen molar-refractivity contribution in [1.82, 2.24) is 9.88 Å². The molecule has 0 spiro atoms. The van der Waals surface area contributed by atoms with Crippen LogP contribution in [0, 0.1) is 6.92 Å². The summed E-state index contributed by atoms with van der Waals surface area (Å²) >= 11 is 0. The first-order chi connectivity index (χ1) is 7.66. The number of hydrogen-bond donors (Lipinski definition) is 1. The molecular weight excluding hydrogens is 198 g/mol. The number of rotatable bonds is 2. The van der Waals surface area contributed by atoms with E-state index < -0.39 is 0 Å². The third kappa shape index (κ3) is 2.60. The molecule has 3 nitrogen and oxygen atoms in total. The molecular formula is C13H21N3. The minimum atomic E-state index is 0.385. The molecule has 2 heterocycles. The SMILES string of the molecule is Cc1cccnc1CN1CCC(N)CC1C. The highest BCUT2D eigenvalue weighted by molar-refractivity contribution is 5.17. The molecule has 2 atom stereocenters. The summed E-state index contributed by atoms with van der Waals surface area (Å²) < 4.78 is 0. The van der Waals surface area contributed by atoms with Gasteiger partial charge in [-0.05, 0) is 38.3 Å². The van der Waals surface area contributed by atoms with Crippen molar-refractivity contribution in [3.05, 3.63) is 29.6 Å². The van der Waals surface area contributed by atoms with Crippen molar-refractivity contribution in [2.24, 2.45) is 5.73 Å². The van der Waals surface area contributed by atoms with Gasteiger partial charge in [-0.1, -0.05) is 6.07 Å². The van der Waals surface area contributed by atoms with Gasteiger partial charge in [-0.2, -0.15) is 0 Å². The van der Waals surface area contributed by atoms with Gasteiger partial charge >= 0.3 is 0 Å². The van der Waals surface area contributed by atoms with Crippen LogP contribution in [0.1, 0.15) is 31.0 Å². The Bertz CT molecular complexity index is 351. The zero-order chi connectivity index (χ0) is 11.5. The molecule has 1 saturated heterocycles. The van der Waals surface area contributed by atoms with Crippen LogP contribution in [0.25, 0.3) is 0 Å². The van der Waals surface area contributed by atoms with Gasteiger partial charge in [-0.3, -0.25) is 9.88 Å². The van der Waals surface area contributed by atoms with Gasteiger partial charge in [-0.15, -0.1) is 0 Å². The third-order valence-electron chi connectivity index (χ3n) is 3.53. The summed E-state index contributed by atoms with van der Waals surface area (Å²) in [5.74, 6) is 0. The van der Waals surface area contributed by atoms with E-state index in [0.717, 1.165) is 25.9 Å². The van der Waals surface area contributed by atoms with Crippen LogP contribution in [-0.4, -0.2) is 28.5 Å². The fourth-order valence-corrected chi connectivity index (χ4v) is 2.37. The summed E-state index contributed by atoms with van der Waals surface area (Å²) in [5, 5.41) is 0. The first-order valence-corrected chi connectivity index (χ1v) is 6.07. The molecule has 16 heavy (non-hydrogen) atoms. The average molecular weight is 219 g/mol. The maximum atomic E-state index is 5.97. The van der Waals surface area contributed by atoms with Crippen molar-refractivity contribution >= 4 is 0 Å². The number of hydrogen-bond acceptors (Lipinski definition) is 3. The number of aryl methyl sites for hydroxylation is 1. The predicted molar refractivity (Wildman–Crippen MR) is 66.1 cm³/mol. The van der Waals surface area contributed by atoms with Crippen molar-refractivity contribution in [3.63, 3.8) is 0 Å². The number of aromatic nitrogens is 1. The molecule has 0 radical (unpaired) electrons. The summed E-state index contributed by atoms with van der Waals surface area (Å²) in [6.07, 6.45) is 4.09. The van der Waals surface area contributed by atoms with E-state index in [1.165, 1.54) is 11.3 Å². The largest absolute Gasteiger partial charge is 0.328 e. The van der Waals surface area contributed by atoms with E-state index in [2.05, 4.69) is 29.8 Å². The number of nitrogens with zero attached hydrogens (tertiary/aromatic N) is 2. The van der Waals surface area contributed by atoms with Gasteiger partial charge in [0.2, 0.25) is 0 Å². The fourth-order valence-electron chi connectivity index (χ4n) is 2.37. The molecule has 1 fully saturated rings. The van der Waals surface area contributed by atoms with Crippen molar-refractivity contribution in [1.29, 1.82) is 0 Å². The van der Waals surface area contributed by atoms with Crippen molar-refractivity contribution < 1.29 is 0 Å². The van der Waals surface area contributed by atoms with Crippen LogP contribution >= 0.6 is 0 Å². The second-order valence-electron chi connectivity index (χ2n) is 4.87. The Morgan fingerprint density at radius 1 is 1.56 bits per heavy atom.